The molecule has 52 heavy (non-hydrogen) atoms. The number of nitrogens with zero attached hydrogens (tertiary/aromatic N) is 4. The van der Waals surface area contributed by atoms with Gasteiger partial charge in [0.2, 0.25) is 5.95 Å². The summed E-state index contributed by atoms with van der Waals surface area (Å²) in [5.41, 5.74) is 9.15. The minimum absolute atomic E-state index is 0.590. The summed E-state index contributed by atoms with van der Waals surface area (Å²) < 4.78 is 11.0. The van der Waals surface area contributed by atoms with E-state index in [1.165, 1.54) is 31.3 Å². The van der Waals surface area contributed by atoms with Gasteiger partial charge in [0.05, 0.1) is 15.7 Å². The fourth-order valence-electron chi connectivity index (χ4n) is 7.90. The fourth-order valence-corrected chi connectivity index (χ4v) is 9.14. The van der Waals surface area contributed by atoms with Crippen LogP contribution >= 0.6 is 11.3 Å². The third-order valence-corrected chi connectivity index (χ3v) is 11.5. The van der Waals surface area contributed by atoms with Crippen LogP contribution < -0.4 is 5.46 Å². The lowest BCUT2D eigenvalue weighted by Gasteiger charge is -2.14. The highest BCUT2D eigenvalue weighted by Crippen LogP contribution is 2.44. The Bertz CT molecular complexity index is 3030. The van der Waals surface area contributed by atoms with Crippen molar-refractivity contribution < 1.29 is 4.42 Å². The Morgan fingerprint density at radius 2 is 1.35 bits per heavy atom. The van der Waals surface area contributed by atoms with E-state index in [0.717, 1.165) is 73.5 Å². The van der Waals surface area contributed by atoms with Crippen molar-refractivity contribution in [2.45, 2.75) is 12.8 Å². The SMILES string of the molecule is [B]c1cccc2oc3c(c12)C=C(c1ccc2c(c1)c1ccc4c5ccccc5sc4c1n2-c1nc(-c2ccccc2)nc(-c2ccccc2)n1)CC3. The summed E-state index contributed by atoms with van der Waals surface area (Å²) in [6, 6.07) is 46.2. The number of fused-ring (bicyclic) bond motifs is 10. The molecule has 11 rings (SSSR count). The molecule has 5 nitrogen and oxygen atoms in total. The van der Waals surface area contributed by atoms with Gasteiger partial charge in [0.1, 0.15) is 19.2 Å². The molecular formula is C45H27BN4OS. The zero-order valence-corrected chi connectivity index (χ0v) is 28.7. The second kappa shape index (κ2) is 11.4. The number of thiophene rings is 1. The molecule has 0 spiro atoms. The van der Waals surface area contributed by atoms with Crippen LogP contribution in [0.4, 0.5) is 0 Å². The maximum absolute atomic E-state index is 6.46. The van der Waals surface area contributed by atoms with Crippen LogP contribution in [0.5, 0.6) is 0 Å². The van der Waals surface area contributed by atoms with Gasteiger partial charge in [-0.25, -0.2) is 4.98 Å². The maximum Gasteiger partial charge on any atom is 0.238 e. The first kappa shape index (κ1) is 29.4. The third-order valence-electron chi connectivity index (χ3n) is 10.3. The second-order valence-electron chi connectivity index (χ2n) is 13.3. The minimum Gasteiger partial charge on any atom is -0.460 e. The van der Waals surface area contributed by atoms with Gasteiger partial charge in [0, 0.05) is 54.7 Å². The van der Waals surface area contributed by atoms with Gasteiger partial charge in [0.15, 0.2) is 11.6 Å². The van der Waals surface area contributed by atoms with E-state index in [-0.39, 0.29) is 0 Å². The van der Waals surface area contributed by atoms with Crippen molar-refractivity contribution in [1.29, 1.82) is 0 Å². The third kappa shape index (κ3) is 4.46. The molecule has 0 aliphatic heterocycles. The molecule has 4 heterocycles. The quantitative estimate of drug-likeness (QED) is 0.173. The summed E-state index contributed by atoms with van der Waals surface area (Å²) in [4.78, 5) is 15.4. The minimum atomic E-state index is 0.590. The lowest BCUT2D eigenvalue weighted by atomic mass is 9.86. The van der Waals surface area contributed by atoms with E-state index in [2.05, 4.69) is 89.5 Å². The number of hydrogen-bond donors (Lipinski definition) is 0. The average molecular weight is 683 g/mol. The van der Waals surface area contributed by atoms with Gasteiger partial charge in [0.25, 0.3) is 0 Å². The predicted octanol–water partition coefficient (Wildman–Crippen LogP) is 10.7. The predicted molar refractivity (Wildman–Crippen MR) is 216 cm³/mol. The van der Waals surface area contributed by atoms with Gasteiger partial charge >= 0.3 is 0 Å². The molecule has 10 aromatic rings. The topological polar surface area (TPSA) is 56.7 Å². The molecular weight excluding hydrogens is 655 g/mol. The summed E-state index contributed by atoms with van der Waals surface area (Å²) in [5, 5.41) is 5.79. The van der Waals surface area contributed by atoms with Crippen LogP contribution in [0.15, 0.2) is 138 Å². The summed E-state index contributed by atoms with van der Waals surface area (Å²) in [6.45, 7) is 0. The smallest absolute Gasteiger partial charge is 0.238 e. The summed E-state index contributed by atoms with van der Waals surface area (Å²) >= 11 is 1.82. The summed E-state index contributed by atoms with van der Waals surface area (Å²) in [7, 11) is 6.46. The first-order valence-electron chi connectivity index (χ1n) is 17.4. The fraction of sp³-hybridized carbons (Fsp3) is 0.0444. The van der Waals surface area contributed by atoms with Crippen LogP contribution in [-0.2, 0) is 6.42 Å². The Balaban J connectivity index is 1.20. The van der Waals surface area contributed by atoms with E-state index < -0.39 is 0 Å². The largest absolute Gasteiger partial charge is 0.460 e. The number of hydrogen-bond acceptors (Lipinski definition) is 5. The molecule has 4 aromatic heterocycles. The highest BCUT2D eigenvalue weighted by atomic mass is 32.1. The second-order valence-corrected chi connectivity index (χ2v) is 14.4. The van der Waals surface area contributed by atoms with E-state index in [4.69, 9.17) is 27.2 Å². The molecule has 0 bridgehead atoms. The average Bonchev–Trinajstić information content (AvgIpc) is 3.88. The molecule has 0 amide bonds. The van der Waals surface area contributed by atoms with Gasteiger partial charge in [-0.1, -0.05) is 115 Å². The Morgan fingerprint density at radius 3 is 2.13 bits per heavy atom. The van der Waals surface area contributed by atoms with Gasteiger partial charge in [-0.2, -0.15) is 9.97 Å². The van der Waals surface area contributed by atoms with E-state index in [9.17, 15) is 0 Å². The molecule has 0 N–H and O–H groups in total. The Hall–Kier alpha value is -6.31. The zero-order valence-electron chi connectivity index (χ0n) is 27.9. The molecule has 0 unspecified atom stereocenters. The lowest BCUT2D eigenvalue weighted by Crippen LogP contribution is -2.06. The molecule has 0 saturated carbocycles. The first-order chi connectivity index (χ1) is 25.7. The van der Waals surface area contributed by atoms with Crippen LogP contribution in [-0.4, -0.2) is 27.4 Å². The van der Waals surface area contributed by atoms with E-state index in [1.807, 2.05) is 65.9 Å². The van der Waals surface area contributed by atoms with Gasteiger partial charge in [-0.15, -0.1) is 11.3 Å². The first-order valence-corrected chi connectivity index (χ1v) is 18.3. The van der Waals surface area contributed by atoms with Crippen molar-refractivity contribution in [2.75, 3.05) is 0 Å². The summed E-state index contributed by atoms with van der Waals surface area (Å²) in [6.07, 6.45) is 3.98. The molecule has 2 radical (unpaired) electrons. The standard InChI is InChI=1S/C45H27BN4OS/c46-35-15-9-16-38-40(35)34-25-29(19-23-37(34)51-38)28-18-22-36-33(24-28)31-20-21-32-30-14-7-8-17-39(30)52-42(32)41(31)50(36)45-48-43(26-10-3-1-4-11-26)47-44(49-45)27-12-5-2-6-13-27/h1-18,20-22,24-25H,19,23H2. The van der Waals surface area contributed by atoms with Crippen molar-refractivity contribution >= 4 is 89.2 Å². The van der Waals surface area contributed by atoms with Crippen LogP contribution in [0, 0.1) is 0 Å². The van der Waals surface area contributed by atoms with Crippen molar-refractivity contribution in [1.82, 2.24) is 19.5 Å². The van der Waals surface area contributed by atoms with E-state index >= 15 is 0 Å². The van der Waals surface area contributed by atoms with Gasteiger partial charge in [-0.05, 0) is 47.9 Å². The van der Waals surface area contributed by atoms with Crippen LogP contribution in [0.2, 0.25) is 0 Å². The van der Waals surface area contributed by atoms with Crippen LogP contribution in [0.3, 0.4) is 0 Å². The van der Waals surface area contributed by atoms with Crippen molar-refractivity contribution in [3.8, 4) is 28.7 Å². The number of rotatable bonds is 4. The van der Waals surface area contributed by atoms with Crippen molar-refractivity contribution in [2.24, 2.45) is 0 Å². The summed E-state index contributed by atoms with van der Waals surface area (Å²) in [5.74, 6) is 2.86. The molecule has 0 fully saturated rings. The van der Waals surface area contributed by atoms with Crippen molar-refractivity contribution in [3.05, 3.63) is 150 Å². The zero-order chi connectivity index (χ0) is 34.3. The molecule has 6 aromatic carbocycles. The maximum atomic E-state index is 6.46. The Morgan fingerprint density at radius 1 is 0.615 bits per heavy atom. The highest BCUT2D eigenvalue weighted by molar-refractivity contribution is 7.26. The molecule has 1 aliphatic rings. The van der Waals surface area contributed by atoms with Gasteiger partial charge < -0.3 is 4.42 Å². The number of allylic oxidation sites excluding steroid dienone is 1. The van der Waals surface area contributed by atoms with E-state index in [0.29, 0.717) is 17.6 Å². The van der Waals surface area contributed by atoms with Gasteiger partial charge in [-0.3, -0.25) is 4.57 Å². The number of benzene rings is 6. The number of aromatic nitrogens is 4. The monoisotopic (exact) mass is 682 g/mol. The number of aryl methyl sites for hydroxylation is 1. The van der Waals surface area contributed by atoms with E-state index in [1.54, 1.807) is 0 Å². The highest BCUT2D eigenvalue weighted by Gasteiger charge is 2.24. The molecule has 1 aliphatic carbocycles. The van der Waals surface area contributed by atoms with Crippen LogP contribution in [0.25, 0.3) is 93.3 Å². The van der Waals surface area contributed by atoms with Crippen LogP contribution in [0.1, 0.15) is 23.3 Å². The Labute approximate surface area is 303 Å². The Kier molecular flexibility index (Phi) is 6.43. The normalized spacial score (nSPS) is 13.0. The molecule has 0 saturated heterocycles. The van der Waals surface area contributed by atoms with Crippen molar-refractivity contribution in [3.63, 3.8) is 0 Å². The molecule has 0 atom stereocenters. The molecule has 7 heteroatoms. The number of furan rings is 1. The lowest BCUT2D eigenvalue weighted by molar-refractivity contribution is 0.548. The molecule has 242 valence electrons.